The first-order valence-electron chi connectivity index (χ1n) is 4.92. The Morgan fingerprint density at radius 3 is 2.53 bits per heavy atom. The lowest BCUT2D eigenvalue weighted by molar-refractivity contribution is -0.125. The minimum atomic E-state index is -0.267. The highest BCUT2D eigenvalue weighted by Gasteiger charge is 2.26. The van der Waals surface area contributed by atoms with Crippen LogP contribution in [0.1, 0.15) is 25.7 Å². The van der Waals surface area contributed by atoms with E-state index in [0.717, 1.165) is 19.3 Å². The van der Waals surface area contributed by atoms with E-state index >= 15 is 0 Å². The minimum absolute atomic E-state index is 0. The molecule has 1 aliphatic rings. The standard InChI is InChI=1S/C9H17N3O2.ClH/c10-5-8(13)12-7-3-1-2-6(4-7)9(11)14;/h6-7H,1-5,10H2,(H2,11,14)(H,12,13);1H. The number of rotatable bonds is 3. The molecular formula is C9H18ClN3O2. The van der Waals surface area contributed by atoms with Gasteiger partial charge in [0.1, 0.15) is 0 Å². The smallest absolute Gasteiger partial charge is 0.233 e. The molecule has 2 unspecified atom stereocenters. The molecule has 0 saturated heterocycles. The van der Waals surface area contributed by atoms with Crippen molar-refractivity contribution in [1.82, 2.24) is 5.32 Å². The van der Waals surface area contributed by atoms with Crippen molar-refractivity contribution >= 4 is 24.2 Å². The van der Waals surface area contributed by atoms with Gasteiger partial charge in [0.15, 0.2) is 0 Å². The molecule has 0 heterocycles. The van der Waals surface area contributed by atoms with Gasteiger partial charge in [-0.1, -0.05) is 6.42 Å². The number of amides is 2. The molecule has 0 aromatic carbocycles. The highest BCUT2D eigenvalue weighted by Crippen LogP contribution is 2.23. The van der Waals surface area contributed by atoms with Gasteiger partial charge in [-0.25, -0.2) is 0 Å². The predicted molar refractivity (Wildman–Crippen MR) is 59.4 cm³/mol. The molecule has 6 heteroatoms. The third-order valence-electron chi connectivity index (χ3n) is 2.63. The second kappa shape index (κ2) is 6.63. The summed E-state index contributed by atoms with van der Waals surface area (Å²) in [5.74, 6) is -0.524. The van der Waals surface area contributed by atoms with Crippen LogP contribution in [0.5, 0.6) is 0 Å². The van der Waals surface area contributed by atoms with Gasteiger partial charge in [0.2, 0.25) is 11.8 Å². The van der Waals surface area contributed by atoms with Gasteiger partial charge >= 0.3 is 0 Å². The maximum Gasteiger partial charge on any atom is 0.233 e. The monoisotopic (exact) mass is 235 g/mol. The molecule has 1 rings (SSSR count). The molecule has 0 spiro atoms. The summed E-state index contributed by atoms with van der Waals surface area (Å²) in [4.78, 5) is 21.9. The van der Waals surface area contributed by atoms with Crippen LogP contribution in [0.3, 0.4) is 0 Å². The third-order valence-corrected chi connectivity index (χ3v) is 2.63. The Labute approximate surface area is 95.4 Å². The van der Waals surface area contributed by atoms with Crippen molar-refractivity contribution in [3.63, 3.8) is 0 Å². The fourth-order valence-corrected chi connectivity index (χ4v) is 1.87. The van der Waals surface area contributed by atoms with Gasteiger partial charge in [-0.3, -0.25) is 9.59 Å². The summed E-state index contributed by atoms with van der Waals surface area (Å²) in [6, 6.07) is 0.0669. The summed E-state index contributed by atoms with van der Waals surface area (Å²) in [6.45, 7) is -0.00224. The van der Waals surface area contributed by atoms with Crippen LogP contribution in [0.25, 0.3) is 0 Å². The molecule has 1 aliphatic carbocycles. The zero-order valence-corrected chi connectivity index (χ0v) is 9.39. The molecule has 2 amide bonds. The lowest BCUT2D eigenvalue weighted by atomic mass is 9.85. The molecule has 0 bridgehead atoms. The largest absolute Gasteiger partial charge is 0.369 e. The number of hydrogen-bond donors (Lipinski definition) is 3. The van der Waals surface area contributed by atoms with E-state index in [4.69, 9.17) is 11.5 Å². The van der Waals surface area contributed by atoms with Gasteiger partial charge in [-0.15, -0.1) is 12.4 Å². The fourth-order valence-electron chi connectivity index (χ4n) is 1.87. The van der Waals surface area contributed by atoms with Crippen LogP contribution in [-0.2, 0) is 9.59 Å². The number of hydrogen-bond acceptors (Lipinski definition) is 3. The second-order valence-corrected chi connectivity index (χ2v) is 3.73. The number of nitrogens with one attached hydrogen (secondary N) is 1. The number of carbonyl (C=O) groups excluding carboxylic acids is 2. The molecule has 0 aromatic rings. The van der Waals surface area contributed by atoms with E-state index < -0.39 is 0 Å². The Morgan fingerprint density at radius 2 is 2.00 bits per heavy atom. The van der Waals surface area contributed by atoms with Gasteiger partial charge in [-0.2, -0.15) is 0 Å². The molecule has 5 N–H and O–H groups in total. The van der Waals surface area contributed by atoms with Crippen molar-refractivity contribution in [2.45, 2.75) is 31.7 Å². The van der Waals surface area contributed by atoms with Crippen molar-refractivity contribution in [3.05, 3.63) is 0 Å². The predicted octanol–water partition coefficient (Wildman–Crippen LogP) is -0.473. The third kappa shape index (κ3) is 4.48. The molecular weight excluding hydrogens is 218 g/mol. The first-order valence-corrected chi connectivity index (χ1v) is 4.92. The maximum atomic E-state index is 11.0. The van der Waals surface area contributed by atoms with E-state index in [-0.39, 0.29) is 42.7 Å². The van der Waals surface area contributed by atoms with Gasteiger partial charge in [0.05, 0.1) is 6.54 Å². The topological polar surface area (TPSA) is 98.2 Å². The highest BCUT2D eigenvalue weighted by molar-refractivity contribution is 5.85. The SMILES string of the molecule is Cl.NCC(=O)NC1CCCC(C(N)=O)C1. The summed E-state index contributed by atoms with van der Waals surface area (Å²) in [6.07, 6.45) is 3.34. The van der Waals surface area contributed by atoms with Crippen LogP contribution in [0.4, 0.5) is 0 Å². The molecule has 0 radical (unpaired) electrons. The van der Waals surface area contributed by atoms with E-state index in [1.807, 2.05) is 0 Å². The zero-order valence-electron chi connectivity index (χ0n) is 8.57. The first kappa shape index (κ1) is 14.2. The maximum absolute atomic E-state index is 11.0. The van der Waals surface area contributed by atoms with Gasteiger partial charge in [-0.05, 0) is 19.3 Å². The molecule has 1 fully saturated rings. The van der Waals surface area contributed by atoms with Crippen molar-refractivity contribution in [2.24, 2.45) is 17.4 Å². The average molecular weight is 236 g/mol. The quantitative estimate of drug-likeness (QED) is 0.617. The summed E-state index contributed by atoms with van der Waals surface area (Å²) in [5.41, 5.74) is 10.4. The minimum Gasteiger partial charge on any atom is -0.369 e. The van der Waals surface area contributed by atoms with Crippen molar-refractivity contribution < 1.29 is 9.59 Å². The average Bonchev–Trinajstić information content (AvgIpc) is 2.18. The Bertz CT molecular complexity index is 235. The second-order valence-electron chi connectivity index (χ2n) is 3.73. The Kier molecular flexibility index (Phi) is 6.27. The van der Waals surface area contributed by atoms with Crippen LogP contribution in [0.2, 0.25) is 0 Å². The van der Waals surface area contributed by atoms with E-state index in [1.165, 1.54) is 0 Å². The number of carbonyl (C=O) groups is 2. The Balaban J connectivity index is 0.00000196. The van der Waals surface area contributed by atoms with Crippen molar-refractivity contribution in [2.75, 3.05) is 6.54 Å². The van der Waals surface area contributed by atoms with E-state index in [0.29, 0.717) is 6.42 Å². The summed E-state index contributed by atoms with van der Waals surface area (Å²) < 4.78 is 0. The van der Waals surface area contributed by atoms with Gasteiger partial charge in [0, 0.05) is 12.0 Å². The van der Waals surface area contributed by atoms with Crippen LogP contribution >= 0.6 is 12.4 Å². The van der Waals surface area contributed by atoms with Crippen LogP contribution in [-0.4, -0.2) is 24.4 Å². The zero-order chi connectivity index (χ0) is 10.6. The molecule has 2 atom stereocenters. The lowest BCUT2D eigenvalue weighted by Gasteiger charge is -2.27. The normalized spacial score (nSPS) is 25.1. The van der Waals surface area contributed by atoms with E-state index in [9.17, 15) is 9.59 Å². The molecule has 0 aromatic heterocycles. The summed E-state index contributed by atoms with van der Waals surface area (Å²) in [5, 5.41) is 2.78. The van der Waals surface area contributed by atoms with E-state index in [2.05, 4.69) is 5.32 Å². The lowest BCUT2D eigenvalue weighted by Crippen LogP contribution is -2.43. The number of nitrogens with two attached hydrogens (primary N) is 2. The number of halogens is 1. The van der Waals surface area contributed by atoms with Gasteiger partial charge in [0.25, 0.3) is 0 Å². The summed E-state index contributed by atoms with van der Waals surface area (Å²) >= 11 is 0. The summed E-state index contributed by atoms with van der Waals surface area (Å²) in [7, 11) is 0. The first-order chi connectivity index (χ1) is 6.63. The molecule has 15 heavy (non-hydrogen) atoms. The Hall–Kier alpha value is -0.810. The van der Waals surface area contributed by atoms with Crippen LogP contribution < -0.4 is 16.8 Å². The molecule has 88 valence electrons. The van der Waals surface area contributed by atoms with Gasteiger partial charge < -0.3 is 16.8 Å². The molecule has 5 nitrogen and oxygen atoms in total. The fraction of sp³-hybridized carbons (Fsp3) is 0.778. The highest BCUT2D eigenvalue weighted by atomic mass is 35.5. The van der Waals surface area contributed by atoms with Crippen LogP contribution in [0, 0.1) is 5.92 Å². The molecule has 0 aliphatic heterocycles. The Morgan fingerprint density at radius 1 is 1.33 bits per heavy atom. The van der Waals surface area contributed by atoms with Crippen molar-refractivity contribution in [1.29, 1.82) is 0 Å². The van der Waals surface area contributed by atoms with E-state index in [1.54, 1.807) is 0 Å². The van der Waals surface area contributed by atoms with Crippen molar-refractivity contribution in [3.8, 4) is 0 Å². The van der Waals surface area contributed by atoms with Crippen LogP contribution in [0.15, 0.2) is 0 Å². The molecule has 1 saturated carbocycles. The number of primary amides is 1.